The third-order valence-electron chi connectivity index (χ3n) is 3.55. The highest BCUT2D eigenvalue weighted by atomic mass is 16.5. The van der Waals surface area contributed by atoms with Crippen LogP contribution in [-0.2, 0) is 4.79 Å². The molecule has 2 aromatic rings. The number of fused-ring (bicyclic) bond motifs is 1. The number of para-hydroxylation sites is 1. The summed E-state index contributed by atoms with van der Waals surface area (Å²) >= 11 is 0. The van der Waals surface area contributed by atoms with Crippen LogP contribution in [-0.4, -0.2) is 12.6 Å². The van der Waals surface area contributed by atoms with E-state index < -0.39 is 0 Å². The van der Waals surface area contributed by atoms with Gasteiger partial charge in [0.15, 0.2) is 0 Å². The normalized spacial score (nSPS) is 12.9. The number of carbonyl (C=O) groups excluding carboxylic acids is 1. The molecule has 0 amide bonds. The van der Waals surface area contributed by atoms with E-state index in [-0.39, 0.29) is 5.97 Å². The first kappa shape index (κ1) is 14.4. The van der Waals surface area contributed by atoms with Gasteiger partial charge in [-0.25, -0.2) is 0 Å². The smallest absolute Gasteiger partial charge is 0.311 e. The van der Waals surface area contributed by atoms with Crippen molar-refractivity contribution in [1.29, 1.82) is 0 Å². The minimum Gasteiger partial charge on any atom is -0.489 e. The molecule has 0 N–H and O–H groups in total. The molecular formula is C19H18O3. The van der Waals surface area contributed by atoms with Crippen LogP contribution in [0.25, 0.3) is 5.57 Å². The highest BCUT2D eigenvalue weighted by Crippen LogP contribution is 2.34. The van der Waals surface area contributed by atoms with Crippen molar-refractivity contribution in [3.63, 3.8) is 0 Å². The first-order valence-electron chi connectivity index (χ1n) is 7.51. The zero-order valence-corrected chi connectivity index (χ0v) is 12.5. The van der Waals surface area contributed by atoms with E-state index in [1.807, 2.05) is 49.4 Å². The average molecular weight is 294 g/mol. The van der Waals surface area contributed by atoms with Crippen molar-refractivity contribution >= 4 is 11.5 Å². The predicted octanol–water partition coefficient (Wildman–Crippen LogP) is 4.22. The maximum atomic E-state index is 11.5. The number of hydrogen-bond donors (Lipinski definition) is 0. The molecule has 0 saturated heterocycles. The Balaban J connectivity index is 1.82. The predicted molar refractivity (Wildman–Crippen MR) is 86.0 cm³/mol. The summed E-state index contributed by atoms with van der Waals surface area (Å²) in [6.07, 6.45) is 3.30. The second-order valence-corrected chi connectivity index (χ2v) is 5.17. The average Bonchev–Trinajstić information content (AvgIpc) is 2.55. The molecular weight excluding hydrogens is 276 g/mol. The number of esters is 1. The maximum absolute atomic E-state index is 11.5. The van der Waals surface area contributed by atoms with Crippen LogP contribution in [0, 0.1) is 0 Å². The van der Waals surface area contributed by atoms with Gasteiger partial charge in [0.2, 0.25) is 0 Å². The summed E-state index contributed by atoms with van der Waals surface area (Å²) in [4.78, 5) is 11.5. The number of carbonyl (C=O) groups is 1. The zero-order chi connectivity index (χ0) is 15.4. The Morgan fingerprint density at radius 1 is 1.14 bits per heavy atom. The third kappa shape index (κ3) is 3.03. The summed E-state index contributed by atoms with van der Waals surface area (Å²) in [6.45, 7) is 2.53. The minimum atomic E-state index is -0.189. The van der Waals surface area contributed by atoms with Crippen LogP contribution in [0.3, 0.4) is 0 Å². The highest BCUT2D eigenvalue weighted by Gasteiger charge is 2.14. The third-order valence-corrected chi connectivity index (χ3v) is 3.55. The summed E-state index contributed by atoms with van der Waals surface area (Å²) in [5.74, 6) is 1.30. The first-order valence-corrected chi connectivity index (χ1v) is 7.51. The van der Waals surface area contributed by atoms with Gasteiger partial charge in [0.1, 0.15) is 18.1 Å². The Bertz CT molecular complexity index is 699. The molecule has 0 aliphatic carbocycles. The van der Waals surface area contributed by atoms with Crippen molar-refractivity contribution in [3.05, 3.63) is 65.7 Å². The van der Waals surface area contributed by atoms with Gasteiger partial charge in [-0.2, -0.15) is 0 Å². The quantitative estimate of drug-likeness (QED) is 0.625. The van der Waals surface area contributed by atoms with E-state index in [1.165, 1.54) is 0 Å². The van der Waals surface area contributed by atoms with Gasteiger partial charge in [0, 0.05) is 12.0 Å². The number of rotatable bonds is 4. The molecule has 22 heavy (non-hydrogen) atoms. The summed E-state index contributed by atoms with van der Waals surface area (Å²) < 4.78 is 10.9. The molecule has 0 aromatic heterocycles. The van der Waals surface area contributed by atoms with Crippen LogP contribution < -0.4 is 9.47 Å². The molecule has 1 aliphatic rings. The van der Waals surface area contributed by atoms with Crippen LogP contribution in [0.5, 0.6) is 11.5 Å². The van der Waals surface area contributed by atoms with E-state index >= 15 is 0 Å². The summed E-state index contributed by atoms with van der Waals surface area (Å²) in [6, 6.07) is 15.6. The molecule has 0 unspecified atom stereocenters. The molecule has 1 aliphatic heterocycles. The molecule has 3 nitrogen and oxygen atoms in total. The van der Waals surface area contributed by atoms with Gasteiger partial charge in [0.25, 0.3) is 0 Å². The lowest BCUT2D eigenvalue weighted by molar-refractivity contribution is -0.134. The Kier molecular flexibility index (Phi) is 4.24. The first-order chi connectivity index (χ1) is 10.8. The lowest BCUT2D eigenvalue weighted by Gasteiger charge is -2.18. The van der Waals surface area contributed by atoms with Gasteiger partial charge in [-0.3, -0.25) is 4.79 Å². The van der Waals surface area contributed by atoms with E-state index in [2.05, 4.69) is 12.1 Å². The molecule has 0 fully saturated rings. The molecule has 3 heteroatoms. The van der Waals surface area contributed by atoms with Gasteiger partial charge in [-0.1, -0.05) is 37.3 Å². The molecule has 112 valence electrons. The summed E-state index contributed by atoms with van der Waals surface area (Å²) in [7, 11) is 0. The van der Waals surface area contributed by atoms with Gasteiger partial charge < -0.3 is 9.47 Å². The Hall–Kier alpha value is -2.55. The van der Waals surface area contributed by atoms with E-state index in [9.17, 15) is 4.79 Å². The van der Waals surface area contributed by atoms with Crippen LogP contribution in [0.15, 0.2) is 54.6 Å². The second kappa shape index (κ2) is 6.48. The molecule has 3 rings (SSSR count). The number of benzene rings is 2. The van der Waals surface area contributed by atoms with Gasteiger partial charge in [-0.05, 0) is 41.8 Å². The Labute approximate surface area is 130 Å². The van der Waals surface area contributed by atoms with Crippen molar-refractivity contribution in [3.8, 4) is 11.5 Å². The van der Waals surface area contributed by atoms with Crippen molar-refractivity contribution in [1.82, 2.24) is 0 Å². The fraction of sp³-hybridized carbons (Fsp3) is 0.211. The lowest BCUT2D eigenvalue weighted by Crippen LogP contribution is -2.07. The van der Waals surface area contributed by atoms with Crippen molar-refractivity contribution < 1.29 is 14.3 Å². The maximum Gasteiger partial charge on any atom is 0.311 e. The van der Waals surface area contributed by atoms with Crippen molar-refractivity contribution in [2.45, 2.75) is 19.8 Å². The van der Waals surface area contributed by atoms with Crippen molar-refractivity contribution in [2.24, 2.45) is 0 Å². The molecule has 2 aromatic carbocycles. The van der Waals surface area contributed by atoms with Crippen LogP contribution in [0.4, 0.5) is 0 Å². The van der Waals surface area contributed by atoms with E-state index in [0.717, 1.165) is 28.9 Å². The van der Waals surface area contributed by atoms with Crippen LogP contribution in [0.1, 0.15) is 30.9 Å². The topological polar surface area (TPSA) is 35.5 Å². The molecule has 0 bridgehead atoms. The molecule has 0 saturated carbocycles. The van der Waals surface area contributed by atoms with Crippen LogP contribution in [0.2, 0.25) is 0 Å². The molecule has 0 spiro atoms. The van der Waals surface area contributed by atoms with Crippen LogP contribution >= 0.6 is 0 Å². The molecule has 0 atom stereocenters. The second-order valence-electron chi connectivity index (χ2n) is 5.17. The van der Waals surface area contributed by atoms with E-state index in [1.54, 1.807) is 0 Å². The summed E-state index contributed by atoms with van der Waals surface area (Å²) in [5.41, 5.74) is 3.32. The number of ether oxygens (including phenoxy) is 2. The van der Waals surface area contributed by atoms with Gasteiger partial charge >= 0.3 is 5.97 Å². The minimum absolute atomic E-state index is 0.189. The Morgan fingerprint density at radius 2 is 1.91 bits per heavy atom. The van der Waals surface area contributed by atoms with E-state index in [0.29, 0.717) is 18.8 Å². The van der Waals surface area contributed by atoms with Gasteiger partial charge in [-0.15, -0.1) is 0 Å². The fourth-order valence-corrected chi connectivity index (χ4v) is 2.50. The highest BCUT2D eigenvalue weighted by molar-refractivity contribution is 5.84. The van der Waals surface area contributed by atoms with Gasteiger partial charge in [0.05, 0.1) is 0 Å². The molecule has 0 radical (unpaired) electrons. The number of hydrogen-bond acceptors (Lipinski definition) is 3. The summed E-state index contributed by atoms with van der Waals surface area (Å²) in [5, 5.41) is 0. The van der Waals surface area contributed by atoms with Crippen molar-refractivity contribution in [2.75, 3.05) is 6.61 Å². The lowest BCUT2D eigenvalue weighted by atomic mass is 9.95. The fourth-order valence-electron chi connectivity index (χ4n) is 2.50. The monoisotopic (exact) mass is 294 g/mol. The standard InChI is InChI=1S/C19H18O3/c1-2-5-19(20)22-15-10-8-14(9-11-15)16-12-13-21-18-7-4-3-6-17(16)18/h3-4,6-12H,2,5,13H2,1H3. The largest absolute Gasteiger partial charge is 0.489 e. The zero-order valence-electron chi connectivity index (χ0n) is 12.5. The Morgan fingerprint density at radius 3 is 2.68 bits per heavy atom. The molecule has 1 heterocycles. The SMILES string of the molecule is CCCC(=O)Oc1ccc(C2=CCOc3ccccc32)cc1. The van der Waals surface area contributed by atoms with E-state index in [4.69, 9.17) is 9.47 Å².